The van der Waals surface area contributed by atoms with Gasteiger partial charge in [-0.2, -0.15) is 5.10 Å². The zero-order valence-electron chi connectivity index (χ0n) is 15.2. The fraction of sp³-hybridized carbons (Fsp3) is 0.474. The molecule has 3 rings (SSSR count). The second-order valence-electron chi connectivity index (χ2n) is 6.92. The Balaban J connectivity index is 2.23. The highest BCUT2D eigenvalue weighted by Crippen LogP contribution is 2.47. The van der Waals surface area contributed by atoms with Gasteiger partial charge in [-0.25, -0.2) is 0 Å². The Labute approximate surface area is 147 Å². The van der Waals surface area contributed by atoms with Gasteiger partial charge in [-0.05, 0) is 38.5 Å². The van der Waals surface area contributed by atoms with Crippen molar-refractivity contribution in [3.63, 3.8) is 0 Å². The van der Waals surface area contributed by atoms with E-state index in [0.717, 1.165) is 22.5 Å². The van der Waals surface area contributed by atoms with Crippen LogP contribution in [0.1, 0.15) is 42.3 Å². The Morgan fingerprint density at radius 1 is 1.32 bits per heavy atom. The highest BCUT2D eigenvalue weighted by atomic mass is 16.5. The van der Waals surface area contributed by atoms with Gasteiger partial charge in [0.05, 0.1) is 31.4 Å². The molecule has 0 unspecified atom stereocenters. The summed E-state index contributed by atoms with van der Waals surface area (Å²) in [7, 11) is 3.16. The molecule has 0 fully saturated rings. The SMILES string of the molecule is COc1ccc([C@@H]2c3c(n[nH]c3C)C[C@@](C)(O)[C@@H]2C(C)=O)cc1OC. The molecule has 6 heteroatoms. The van der Waals surface area contributed by atoms with Gasteiger partial charge < -0.3 is 14.6 Å². The van der Waals surface area contributed by atoms with Crippen LogP contribution in [0.5, 0.6) is 11.5 Å². The van der Waals surface area contributed by atoms with E-state index in [0.29, 0.717) is 17.9 Å². The topological polar surface area (TPSA) is 84.4 Å². The Kier molecular flexibility index (Phi) is 4.33. The van der Waals surface area contributed by atoms with E-state index in [4.69, 9.17) is 9.47 Å². The van der Waals surface area contributed by atoms with Crippen LogP contribution in [-0.4, -0.2) is 40.9 Å². The van der Waals surface area contributed by atoms with Gasteiger partial charge in [0.2, 0.25) is 0 Å². The highest BCUT2D eigenvalue weighted by Gasteiger charge is 2.48. The number of fused-ring (bicyclic) bond motifs is 1. The van der Waals surface area contributed by atoms with Crippen LogP contribution in [-0.2, 0) is 11.2 Å². The van der Waals surface area contributed by atoms with Gasteiger partial charge in [-0.1, -0.05) is 6.07 Å². The quantitative estimate of drug-likeness (QED) is 0.889. The molecule has 0 saturated carbocycles. The van der Waals surface area contributed by atoms with Gasteiger partial charge >= 0.3 is 0 Å². The molecular weight excluding hydrogens is 320 g/mol. The third kappa shape index (κ3) is 2.80. The summed E-state index contributed by atoms with van der Waals surface area (Å²) in [6.45, 7) is 5.18. The van der Waals surface area contributed by atoms with Crippen LogP contribution in [0.3, 0.4) is 0 Å². The fourth-order valence-electron chi connectivity index (χ4n) is 4.09. The second kappa shape index (κ2) is 6.19. The van der Waals surface area contributed by atoms with Crippen LogP contribution in [0.2, 0.25) is 0 Å². The van der Waals surface area contributed by atoms with E-state index in [1.807, 2.05) is 25.1 Å². The monoisotopic (exact) mass is 344 g/mol. The largest absolute Gasteiger partial charge is 0.493 e. The average molecular weight is 344 g/mol. The number of nitrogens with zero attached hydrogens (tertiary/aromatic N) is 1. The molecule has 0 saturated heterocycles. The molecule has 0 amide bonds. The maximum Gasteiger partial charge on any atom is 0.161 e. The molecule has 0 radical (unpaired) electrons. The molecule has 134 valence electrons. The van der Waals surface area contributed by atoms with Crippen molar-refractivity contribution in [1.82, 2.24) is 10.2 Å². The van der Waals surface area contributed by atoms with E-state index in [-0.39, 0.29) is 11.7 Å². The number of aryl methyl sites for hydroxylation is 1. The van der Waals surface area contributed by atoms with Gasteiger partial charge in [0.25, 0.3) is 0 Å². The Morgan fingerprint density at radius 3 is 2.60 bits per heavy atom. The number of ketones is 1. The predicted octanol–water partition coefficient (Wildman–Crippen LogP) is 2.38. The lowest BCUT2D eigenvalue weighted by molar-refractivity contribution is -0.130. The van der Waals surface area contributed by atoms with Gasteiger partial charge in [-0.15, -0.1) is 0 Å². The molecule has 3 atom stereocenters. The third-order valence-electron chi connectivity index (χ3n) is 5.12. The lowest BCUT2D eigenvalue weighted by atomic mass is 9.64. The number of hydrogen-bond donors (Lipinski definition) is 2. The Hall–Kier alpha value is -2.34. The maximum absolute atomic E-state index is 12.5. The van der Waals surface area contributed by atoms with Crippen LogP contribution < -0.4 is 9.47 Å². The molecular formula is C19H24N2O4. The first kappa shape index (κ1) is 17.5. The number of aliphatic hydroxyl groups is 1. The number of methoxy groups -OCH3 is 2. The number of aromatic nitrogens is 2. The van der Waals surface area contributed by atoms with E-state index in [1.165, 1.54) is 6.92 Å². The van der Waals surface area contributed by atoms with Gasteiger partial charge in [0, 0.05) is 23.6 Å². The third-order valence-corrected chi connectivity index (χ3v) is 5.12. The smallest absolute Gasteiger partial charge is 0.161 e. The highest BCUT2D eigenvalue weighted by molar-refractivity contribution is 5.82. The number of benzene rings is 1. The summed E-state index contributed by atoms with van der Waals surface area (Å²) in [5, 5.41) is 18.3. The lowest BCUT2D eigenvalue weighted by Crippen LogP contribution is -2.48. The molecule has 2 N–H and O–H groups in total. The number of carbonyl (C=O) groups is 1. The maximum atomic E-state index is 12.5. The molecule has 0 aliphatic heterocycles. The van der Waals surface area contributed by atoms with Crippen molar-refractivity contribution in [2.24, 2.45) is 5.92 Å². The molecule has 6 nitrogen and oxygen atoms in total. The lowest BCUT2D eigenvalue weighted by Gasteiger charge is -2.41. The van der Waals surface area contributed by atoms with Crippen molar-refractivity contribution >= 4 is 5.78 Å². The molecule has 1 heterocycles. The fourth-order valence-corrected chi connectivity index (χ4v) is 4.09. The summed E-state index contributed by atoms with van der Waals surface area (Å²) < 4.78 is 10.7. The molecule has 2 aromatic rings. The van der Waals surface area contributed by atoms with Crippen LogP contribution in [0, 0.1) is 12.8 Å². The van der Waals surface area contributed by atoms with Crippen molar-refractivity contribution in [3.05, 3.63) is 40.7 Å². The van der Waals surface area contributed by atoms with Crippen LogP contribution in [0.4, 0.5) is 0 Å². The van der Waals surface area contributed by atoms with Gasteiger partial charge in [0.15, 0.2) is 11.5 Å². The standard InChI is InChI=1S/C19H24N2O4/c1-10-16-13(21-20-10)9-19(3,23)18(11(2)22)17(16)12-6-7-14(24-4)15(8-12)25-5/h6-8,17-18,23H,9H2,1-5H3,(H,20,21)/t17-,18-,19-/m1/s1. The van der Waals surface area contributed by atoms with Gasteiger partial charge in [-0.3, -0.25) is 9.89 Å². The van der Waals surface area contributed by atoms with E-state index < -0.39 is 11.5 Å². The average Bonchev–Trinajstić information content (AvgIpc) is 2.91. The Morgan fingerprint density at radius 2 is 2.00 bits per heavy atom. The van der Waals surface area contributed by atoms with E-state index in [1.54, 1.807) is 21.1 Å². The summed E-state index contributed by atoms with van der Waals surface area (Å²) in [6, 6.07) is 5.61. The van der Waals surface area contributed by atoms with Crippen molar-refractivity contribution in [2.45, 2.75) is 38.7 Å². The number of hydrogen-bond acceptors (Lipinski definition) is 5. The first-order valence-corrected chi connectivity index (χ1v) is 8.28. The van der Waals surface area contributed by atoms with Crippen molar-refractivity contribution in [3.8, 4) is 11.5 Å². The molecule has 0 bridgehead atoms. The molecule has 0 spiro atoms. The first-order valence-electron chi connectivity index (χ1n) is 8.28. The molecule has 1 aliphatic rings. The van der Waals surface area contributed by atoms with Crippen LogP contribution >= 0.6 is 0 Å². The number of ether oxygens (including phenoxy) is 2. The number of H-pyrrole nitrogens is 1. The summed E-state index contributed by atoms with van der Waals surface area (Å²) in [4.78, 5) is 12.5. The minimum Gasteiger partial charge on any atom is -0.493 e. The predicted molar refractivity (Wildman–Crippen MR) is 93.2 cm³/mol. The van der Waals surface area contributed by atoms with E-state index in [2.05, 4.69) is 10.2 Å². The number of aromatic amines is 1. The van der Waals surface area contributed by atoms with E-state index in [9.17, 15) is 9.90 Å². The zero-order chi connectivity index (χ0) is 18.4. The number of carbonyl (C=O) groups excluding carboxylic acids is 1. The summed E-state index contributed by atoms with van der Waals surface area (Å²) in [6.07, 6.45) is 0.348. The molecule has 25 heavy (non-hydrogen) atoms. The number of Topliss-reactive ketones (excluding diaryl/α,β-unsaturated/α-hetero) is 1. The zero-order valence-corrected chi connectivity index (χ0v) is 15.2. The molecule has 1 aromatic heterocycles. The minimum atomic E-state index is -1.17. The second-order valence-corrected chi connectivity index (χ2v) is 6.92. The summed E-state index contributed by atoms with van der Waals surface area (Å²) in [5.41, 5.74) is 2.43. The Bertz CT molecular complexity index is 810. The van der Waals surface area contributed by atoms with Gasteiger partial charge in [0.1, 0.15) is 5.78 Å². The van der Waals surface area contributed by atoms with Crippen molar-refractivity contribution in [1.29, 1.82) is 0 Å². The van der Waals surface area contributed by atoms with Crippen LogP contribution in [0.15, 0.2) is 18.2 Å². The summed E-state index contributed by atoms with van der Waals surface area (Å²) in [5.74, 6) is 0.313. The molecule has 1 aliphatic carbocycles. The normalized spacial score (nSPS) is 25.4. The minimum absolute atomic E-state index is 0.0453. The number of rotatable bonds is 4. The van der Waals surface area contributed by atoms with Crippen LogP contribution in [0.25, 0.3) is 0 Å². The van der Waals surface area contributed by atoms with Crippen molar-refractivity contribution in [2.75, 3.05) is 14.2 Å². The molecule has 1 aromatic carbocycles. The van der Waals surface area contributed by atoms with Crippen molar-refractivity contribution < 1.29 is 19.4 Å². The summed E-state index contributed by atoms with van der Waals surface area (Å²) >= 11 is 0. The first-order chi connectivity index (χ1) is 11.8. The van der Waals surface area contributed by atoms with E-state index >= 15 is 0 Å². The number of nitrogens with one attached hydrogen (secondary N) is 1.